The van der Waals surface area contributed by atoms with Crippen molar-refractivity contribution in [3.05, 3.63) is 0 Å². The molecule has 0 rings (SSSR count). The van der Waals surface area contributed by atoms with Crippen molar-refractivity contribution in [3.63, 3.8) is 0 Å². The van der Waals surface area contributed by atoms with Crippen LogP contribution < -0.4 is 0 Å². The summed E-state index contributed by atoms with van der Waals surface area (Å²) < 4.78 is 18.2. The number of esters is 1. The molecule has 0 amide bonds. The minimum absolute atomic E-state index is 1.48. The summed E-state index contributed by atoms with van der Waals surface area (Å²) in [6.45, 7) is -1.48. The summed E-state index contributed by atoms with van der Waals surface area (Å²) in [4.78, 5) is 20.3. The Bertz CT molecular complexity index is 158. The van der Waals surface area contributed by atoms with E-state index in [0.717, 1.165) is 0 Å². The molecule has 0 heterocycles. The quantitative estimate of drug-likeness (QED) is 0.279. The Morgan fingerprint density at radius 3 is 2.27 bits per heavy atom. The van der Waals surface area contributed by atoms with Gasteiger partial charge < -0.3 is 19.4 Å². The Balaban J connectivity index is 3.74. The van der Waals surface area contributed by atoms with E-state index in [-0.39, 0.29) is 0 Å². The fourth-order valence-electron chi connectivity index (χ4n) is 0.252. The van der Waals surface area contributed by atoms with Gasteiger partial charge in [-0.05, 0) is 0 Å². The Morgan fingerprint density at radius 1 is 1.36 bits per heavy atom. The summed E-state index contributed by atoms with van der Waals surface area (Å²) in [6, 6.07) is 0. The van der Waals surface area contributed by atoms with Crippen LogP contribution in [-0.4, -0.2) is 36.2 Å². The third kappa shape index (κ3) is 4.28. The molecule has 0 aliphatic carbocycles. The number of rotatable bonds is 2. The topological polar surface area (TPSA) is 93.1 Å². The van der Waals surface area contributed by atoms with Crippen molar-refractivity contribution < 1.29 is 33.4 Å². The SMILES string of the molecule is O=C(OCF)C(=O)OB(O)O. The van der Waals surface area contributed by atoms with Crippen molar-refractivity contribution >= 4 is 19.3 Å². The Morgan fingerprint density at radius 2 is 1.91 bits per heavy atom. The number of hydrogen-bond donors (Lipinski definition) is 2. The summed E-state index contributed by atoms with van der Waals surface area (Å²) in [6.07, 6.45) is 0. The van der Waals surface area contributed by atoms with Gasteiger partial charge in [-0.15, -0.1) is 0 Å². The lowest BCUT2D eigenvalue weighted by molar-refractivity contribution is -0.166. The van der Waals surface area contributed by atoms with E-state index in [1.165, 1.54) is 0 Å². The molecule has 0 radical (unpaired) electrons. The maximum Gasteiger partial charge on any atom is 0.709 e. The Kier molecular flexibility index (Phi) is 4.15. The lowest BCUT2D eigenvalue weighted by Gasteiger charge is -1.99. The van der Waals surface area contributed by atoms with E-state index in [2.05, 4.69) is 9.39 Å². The second-order valence-corrected chi connectivity index (χ2v) is 1.27. The van der Waals surface area contributed by atoms with Gasteiger partial charge in [-0.2, -0.15) is 0 Å². The first kappa shape index (κ1) is 9.85. The fourth-order valence-corrected chi connectivity index (χ4v) is 0.252. The number of halogens is 1. The van der Waals surface area contributed by atoms with E-state index < -0.39 is 26.1 Å². The maximum absolute atomic E-state index is 11.2. The second-order valence-electron chi connectivity index (χ2n) is 1.27. The first-order valence-corrected chi connectivity index (χ1v) is 2.37. The third-order valence-corrected chi connectivity index (χ3v) is 0.565. The van der Waals surface area contributed by atoms with E-state index in [9.17, 15) is 14.0 Å². The van der Waals surface area contributed by atoms with Gasteiger partial charge in [-0.3, -0.25) is 0 Å². The molecule has 62 valence electrons. The predicted molar refractivity (Wildman–Crippen MR) is 28.4 cm³/mol. The highest BCUT2D eigenvalue weighted by atomic mass is 19.1. The summed E-state index contributed by atoms with van der Waals surface area (Å²) in [7, 11) is -2.41. The highest BCUT2D eigenvalue weighted by molar-refractivity contribution is 6.43. The summed E-state index contributed by atoms with van der Waals surface area (Å²) in [5.41, 5.74) is 0. The number of carbonyl (C=O) groups is 2. The lowest BCUT2D eigenvalue weighted by atomic mass is 10.3. The molecule has 0 fully saturated rings. The molecule has 0 aromatic carbocycles. The van der Waals surface area contributed by atoms with Crippen molar-refractivity contribution in [2.75, 3.05) is 6.86 Å². The van der Waals surface area contributed by atoms with Crippen molar-refractivity contribution in [1.82, 2.24) is 0 Å². The minimum atomic E-state index is -2.41. The van der Waals surface area contributed by atoms with Crippen LogP contribution in [0.5, 0.6) is 0 Å². The maximum atomic E-state index is 11.2. The summed E-state index contributed by atoms with van der Waals surface area (Å²) in [5.74, 6) is -3.29. The molecule has 0 bridgehead atoms. The number of hydrogen-bond acceptors (Lipinski definition) is 6. The van der Waals surface area contributed by atoms with Gasteiger partial charge >= 0.3 is 19.3 Å². The number of alkyl halides is 1. The summed E-state index contributed by atoms with van der Waals surface area (Å²) >= 11 is 0. The molecule has 8 heteroatoms. The molecule has 0 saturated heterocycles. The molecule has 0 aromatic rings. The van der Waals surface area contributed by atoms with Crippen molar-refractivity contribution in [2.24, 2.45) is 0 Å². The zero-order chi connectivity index (χ0) is 8.85. The zero-order valence-corrected chi connectivity index (χ0v) is 5.19. The van der Waals surface area contributed by atoms with Crippen LogP contribution in [0.25, 0.3) is 0 Å². The Hall–Kier alpha value is -1.15. The smallest absolute Gasteiger partial charge is 0.476 e. The lowest BCUT2D eigenvalue weighted by Crippen LogP contribution is -2.28. The monoisotopic (exact) mass is 166 g/mol. The average molecular weight is 166 g/mol. The molecule has 6 nitrogen and oxygen atoms in total. The van der Waals surface area contributed by atoms with Crippen LogP contribution in [-0.2, 0) is 19.0 Å². The molecule has 0 aromatic heterocycles. The molecule has 0 spiro atoms. The van der Waals surface area contributed by atoms with Crippen LogP contribution in [0.2, 0.25) is 0 Å². The van der Waals surface area contributed by atoms with Crippen LogP contribution in [0.4, 0.5) is 4.39 Å². The van der Waals surface area contributed by atoms with Gasteiger partial charge in [0, 0.05) is 0 Å². The molecule has 2 N–H and O–H groups in total. The van der Waals surface area contributed by atoms with E-state index in [0.29, 0.717) is 0 Å². The highest BCUT2D eigenvalue weighted by Gasteiger charge is 2.23. The first-order chi connectivity index (χ1) is 5.07. The average Bonchev–Trinajstić information content (AvgIpc) is 1.86. The van der Waals surface area contributed by atoms with Gasteiger partial charge in [0.15, 0.2) is 0 Å². The molecule has 0 atom stereocenters. The van der Waals surface area contributed by atoms with Gasteiger partial charge in [0.05, 0.1) is 0 Å². The normalized spacial score (nSPS) is 8.64. The molecular formula is C3H4BFO6. The van der Waals surface area contributed by atoms with Crippen molar-refractivity contribution in [2.45, 2.75) is 0 Å². The van der Waals surface area contributed by atoms with Gasteiger partial charge in [0.25, 0.3) is 0 Å². The van der Waals surface area contributed by atoms with Crippen molar-refractivity contribution in [1.29, 1.82) is 0 Å². The molecule has 0 unspecified atom stereocenters. The van der Waals surface area contributed by atoms with Gasteiger partial charge in [-0.1, -0.05) is 0 Å². The largest absolute Gasteiger partial charge is 0.709 e. The van der Waals surface area contributed by atoms with Crippen molar-refractivity contribution in [3.8, 4) is 0 Å². The van der Waals surface area contributed by atoms with Crippen LogP contribution in [0.3, 0.4) is 0 Å². The van der Waals surface area contributed by atoms with Crippen LogP contribution >= 0.6 is 0 Å². The minimum Gasteiger partial charge on any atom is -0.476 e. The molecule has 0 saturated carbocycles. The van der Waals surface area contributed by atoms with E-state index in [1.54, 1.807) is 0 Å². The van der Waals surface area contributed by atoms with Gasteiger partial charge in [0.2, 0.25) is 6.86 Å². The molecule has 11 heavy (non-hydrogen) atoms. The molecule has 0 aliphatic rings. The number of ether oxygens (including phenoxy) is 1. The van der Waals surface area contributed by atoms with Gasteiger partial charge in [-0.25, -0.2) is 14.0 Å². The zero-order valence-electron chi connectivity index (χ0n) is 5.19. The highest BCUT2D eigenvalue weighted by Crippen LogP contribution is 1.85. The van der Waals surface area contributed by atoms with E-state index in [4.69, 9.17) is 10.0 Å². The number of carbonyl (C=O) groups excluding carboxylic acids is 2. The first-order valence-electron chi connectivity index (χ1n) is 2.37. The standard InChI is InChI=1S/C3H4BFO6/c5-1-10-2(6)3(7)11-4(8)9/h8-9H,1H2. The van der Waals surface area contributed by atoms with Crippen LogP contribution in [0, 0.1) is 0 Å². The second kappa shape index (κ2) is 4.64. The molecule has 0 aliphatic heterocycles. The van der Waals surface area contributed by atoms with E-state index >= 15 is 0 Å². The summed E-state index contributed by atoms with van der Waals surface area (Å²) in [5, 5.41) is 15.9. The fraction of sp³-hybridized carbons (Fsp3) is 0.333. The third-order valence-electron chi connectivity index (χ3n) is 0.565. The molecular weight excluding hydrogens is 162 g/mol. The van der Waals surface area contributed by atoms with Crippen LogP contribution in [0.1, 0.15) is 0 Å². The van der Waals surface area contributed by atoms with Crippen LogP contribution in [0.15, 0.2) is 0 Å². The van der Waals surface area contributed by atoms with E-state index in [1.807, 2.05) is 0 Å². The predicted octanol–water partition coefficient (Wildman–Crippen LogP) is -2.03. The van der Waals surface area contributed by atoms with Gasteiger partial charge in [0.1, 0.15) is 0 Å². The Labute approximate surface area is 60.7 Å².